The second kappa shape index (κ2) is 8.08. The van der Waals surface area contributed by atoms with Crippen LogP contribution < -0.4 is 0 Å². The Bertz CT molecular complexity index is 1180. The molecule has 4 rings (SSSR count). The zero-order valence-electron chi connectivity index (χ0n) is 15.9. The van der Waals surface area contributed by atoms with Crippen LogP contribution >= 0.6 is 11.6 Å². The highest BCUT2D eigenvalue weighted by atomic mass is 35.5. The molecule has 1 unspecified atom stereocenters. The summed E-state index contributed by atoms with van der Waals surface area (Å²) in [7, 11) is 0. The van der Waals surface area contributed by atoms with Gasteiger partial charge in [0.15, 0.2) is 0 Å². The van der Waals surface area contributed by atoms with E-state index in [4.69, 9.17) is 16.0 Å². The number of carbonyl (C=O) groups is 2. The fourth-order valence-electron chi connectivity index (χ4n) is 3.50. The number of furan rings is 1. The number of hydrogen-bond acceptors (Lipinski definition) is 6. The fourth-order valence-corrected chi connectivity index (χ4v) is 3.63. The van der Waals surface area contributed by atoms with Crippen molar-refractivity contribution in [3.63, 3.8) is 0 Å². The number of halogens is 1. The number of nitro groups is 1. The Hall–Kier alpha value is -3.91. The average Bonchev–Trinajstić information content (AvgIpc) is 3.36. The summed E-state index contributed by atoms with van der Waals surface area (Å²) < 4.78 is 5.33. The molecule has 3 aromatic rings. The van der Waals surface area contributed by atoms with Crippen LogP contribution in [0.2, 0.25) is 5.02 Å². The first-order valence-corrected chi connectivity index (χ1v) is 9.55. The number of hydrogen-bond donors (Lipinski definition) is 1. The van der Waals surface area contributed by atoms with Crippen molar-refractivity contribution < 1.29 is 24.0 Å². The molecular weight excluding hydrogens is 424 g/mol. The number of non-ortho nitro benzene ring substituents is 1. The Morgan fingerprint density at radius 1 is 1.10 bits per heavy atom. The number of aliphatic hydroxyl groups excluding tert-OH is 1. The van der Waals surface area contributed by atoms with Crippen molar-refractivity contribution in [2.75, 3.05) is 0 Å². The first kappa shape index (κ1) is 20.4. The predicted molar refractivity (Wildman–Crippen MR) is 111 cm³/mol. The smallest absolute Gasteiger partial charge is 0.296 e. The Balaban J connectivity index is 1.84. The lowest BCUT2D eigenvalue weighted by molar-refractivity contribution is -0.384. The Morgan fingerprint density at radius 3 is 2.35 bits per heavy atom. The summed E-state index contributed by atoms with van der Waals surface area (Å²) in [5.74, 6) is -1.60. The molecule has 0 spiro atoms. The van der Waals surface area contributed by atoms with E-state index in [-0.39, 0.29) is 23.4 Å². The van der Waals surface area contributed by atoms with Crippen LogP contribution in [0.1, 0.15) is 22.9 Å². The molecule has 2 aromatic carbocycles. The van der Waals surface area contributed by atoms with Crippen molar-refractivity contribution in [3.05, 3.63) is 105 Å². The number of nitrogens with zero attached hydrogens (tertiary/aromatic N) is 2. The number of ketones is 1. The average molecular weight is 439 g/mol. The number of benzene rings is 2. The molecule has 1 atom stereocenters. The largest absolute Gasteiger partial charge is 0.507 e. The van der Waals surface area contributed by atoms with Crippen molar-refractivity contribution >= 4 is 34.7 Å². The minimum absolute atomic E-state index is 0.0158. The highest BCUT2D eigenvalue weighted by Gasteiger charge is 2.46. The third-order valence-corrected chi connectivity index (χ3v) is 5.24. The molecule has 0 saturated carbocycles. The van der Waals surface area contributed by atoms with Crippen molar-refractivity contribution in [1.82, 2.24) is 4.90 Å². The Kier molecular flexibility index (Phi) is 5.31. The van der Waals surface area contributed by atoms with Crippen molar-refractivity contribution in [1.29, 1.82) is 0 Å². The first-order chi connectivity index (χ1) is 14.9. The number of amides is 1. The second-order valence-electron chi connectivity index (χ2n) is 6.86. The van der Waals surface area contributed by atoms with Gasteiger partial charge >= 0.3 is 0 Å². The number of Topliss-reactive ketones (excluding diaryl/α,β-unsaturated/α-hetero) is 1. The molecule has 8 nitrogen and oxygen atoms in total. The lowest BCUT2D eigenvalue weighted by Crippen LogP contribution is -2.29. The van der Waals surface area contributed by atoms with Crippen LogP contribution in [0.5, 0.6) is 0 Å². The Labute approximate surface area is 181 Å². The van der Waals surface area contributed by atoms with Gasteiger partial charge < -0.3 is 14.4 Å². The predicted octanol–water partition coefficient (Wildman–Crippen LogP) is 4.46. The van der Waals surface area contributed by atoms with Crippen LogP contribution in [0.25, 0.3) is 5.76 Å². The molecular formula is C22H15ClN2O6. The summed E-state index contributed by atoms with van der Waals surface area (Å²) >= 11 is 5.98. The van der Waals surface area contributed by atoms with Gasteiger partial charge in [-0.15, -0.1) is 0 Å². The van der Waals surface area contributed by atoms with Gasteiger partial charge in [0.05, 0.1) is 29.3 Å². The molecule has 2 heterocycles. The van der Waals surface area contributed by atoms with Gasteiger partial charge in [-0.1, -0.05) is 23.7 Å². The molecule has 1 N–H and O–H groups in total. The maximum absolute atomic E-state index is 12.9. The van der Waals surface area contributed by atoms with Crippen LogP contribution in [0.15, 0.2) is 76.9 Å². The summed E-state index contributed by atoms with van der Waals surface area (Å²) in [5, 5.41) is 22.3. The molecule has 1 amide bonds. The number of carbonyl (C=O) groups excluding carboxylic acids is 2. The Morgan fingerprint density at radius 2 is 1.77 bits per heavy atom. The minimum atomic E-state index is -0.891. The number of aliphatic hydroxyl groups is 1. The van der Waals surface area contributed by atoms with Gasteiger partial charge in [-0.2, -0.15) is 0 Å². The number of nitro benzene ring substituents is 1. The fraction of sp³-hybridized carbons (Fsp3) is 0.0909. The third-order valence-electron chi connectivity index (χ3n) is 4.98. The quantitative estimate of drug-likeness (QED) is 0.207. The van der Waals surface area contributed by atoms with E-state index in [2.05, 4.69) is 0 Å². The van der Waals surface area contributed by atoms with Crippen LogP contribution in [0.4, 0.5) is 5.69 Å². The molecule has 1 aliphatic heterocycles. The normalized spacial score (nSPS) is 17.8. The minimum Gasteiger partial charge on any atom is -0.507 e. The molecule has 1 aliphatic rings. The van der Waals surface area contributed by atoms with Crippen LogP contribution in [-0.2, 0) is 16.1 Å². The number of rotatable bonds is 5. The van der Waals surface area contributed by atoms with E-state index in [1.807, 2.05) is 0 Å². The highest BCUT2D eigenvalue weighted by Crippen LogP contribution is 2.40. The topological polar surface area (TPSA) is 114 Å². The van der Waals surface area contributed by atoms with Gasteiger partial charge in [0, 0.05) is 22.7 Å². The highest BCUT2D eigenvalue weighted by molar-refractivity contribution is 6.46. The zero-order chi connectivity index (χ0) is 22.1. The summed E-state index contributed by atoms with van der Waals surface area (Å²) in [6.07, 6.45) is 1.46. The lowest BCUT2D eigenvalue weighted by Gasteiger charge is -2.24. The molecule has 0 bridgehead atoms. The van der Waals surface area contributed by atoms with E-state index < -0.39 is 28.4 Å². The van der Waals surface area contributed by atoms with Gasteiger partial charge in [-0.3, -0.25) is 19.7 Å². The van der Waals surface area contributed by atoms with E-state index in [0.717, 1.165) is 0 Å². The van der Waals surface area contributed by atoms with Gasteiger partial charge in [-0.05, 0) is 42.0 Å². The summed E-state index contributed by atoms with van der Waals surface area (Å²) in [5.41, 5.74) is 0.469. The van der Waals surface area contributed by atoms with E-state index in [9.17, 15) is 24.8 Å². The summed E-state index contributed by atoms with van der Waals surface area (Å²) in [6, 6.07) is 14.1. The first-order valence-electron chi connectivity index (χ1n) is 9.18. The maximum atomic E-state index is 12.9. The van der Waals surface area contributed by atoms with Crippen LogP contribution in [0.3, 0.4) is 0 Å². The van der Waals surface area contributed by atoms with Crippen LogP contribution in [-0.4, -0.2) is 26.6 Å². The van der Waals surface area contributed by atoms with Gasteiger partial charge in [0.25, 0.3) is 17.4 Å². The second-order valence-corrected chi connectivity index (χ2v) is 7.30. The third kappa shape index (κ3) is 3.80. The van der Waals surface area contributed by atoms with Crippen molar-refractivity contribution in [2.45, 2.75) is 12.6 Å². The molecule has 1 saturated heterocycles. The van der Waals surface area contributed by atoms with Gasteiger partial charge in [0.1, 0.15) is 11.5 Å². The molecule has 31 heavy (non-hydrogen) atoms. The molecule has 0 radical (unpaired) electrons. The molecule has 1 aromatic heterocycles. The zero-order valence-corrected chi connectivity index (χ0v) is 16.7. The summed E-state index contributed by atoms with van der Waals surface area (Å²) in [4.78, 5) is 37.4. The van der Waals surface area contributed by atoms with Gasteiger partial charge in [0.2, 0.25) is 0 Å². The van der Waals surface area contributed by atoms with Gasteiger partial charge in [-0.25, -0.2) is 0 Å². The van der Waals surface area contributed by atoms with Crippen molar-refractivity contribution in [3.8, 4) is 0 Å². The molecule has 1 fully saturated rings. The van der Waals surface area contributed by atoms with E-state index in [1.54, 1.807) is 36.4 Å². The van der Waals surface area contributed by atoms with Crippen LogP contribution in [0, 0.1) is 10.1 Å². The maximum Gasteiger partial charge on any atom is 0.296 e. The standard InChI is InChI=1S/C22H15ClN2O6/c23-15-7-3-13(4-8-15)19-18(20(26)14-5-9-16(10-6-14)25(29)30)21(27)22(28)24(19)12-17-2-1-11-31-17/h1-11,19,26H,12H2/b20-18-. The number of likely N-dealkylation sites (tertiary alicyclic amines) is 1. The van der Waals surface area contributed by atoms with Crippen molar-refractivity contribution in [2.24, 2.45) is 0 Å². The lowest BCUT2D eigenvalue weighted by atomic mass is 9.95. The molecule has 156 valence electrons. The monoisotopic (exact) mass is 438 g/mol. The van der Waals surface area contributed by atoms with E-state index in [1.165, 1.54) is 35.4 Å². The van der Waals surface area contributed by atoms with E-state index in [0.29, 0.717) is 16.3 Å². The SMILES string of the molecule is O=C1C(=O)N(Cc2ccco2)C(c2ccc(Cl)cc2)/C1=C(/O)c1ccc([N+](=O)[O-])cc1. The molecule has 0 aliphatic carbocycles. The summed E-state index contributed by atoms with van der Waals surface area (Å²) in [6.45, 7) is 0.0158. The molecule has 9 heteroatoms. The van der Waals surface area contributed by atoms with E-state index >= 15 is 0 Å².